The molecule has 0 radical (unpaired) electrons. The van der Waals surface area contributed by atoms with Crippen molar-refractivity contribution < 1.29 is 9.05 Å². The first kappa shape index (κ1) is 17.6. The maximum Gasteiger partial charge on any atom is 0.240 e. The summed E-state index contributed by atoms with van der Waals surface area (Å²) >= 11 is 0. The fourth-order valence-corrected chi connectivity index (χ4v) is 3.25. The Labute approximate surface area is 153 Å². The summed E-state index contributed by atoms with van der Waals surface area (Å²) in [6.45, 7) is 7.66. The number of hydrogen-bond acceptors (Lipinski definition) is 8. The summed E-state index contributed by atoms with van der Waals surface area (Å²) in [4.78, 5) is 8.98. The summed E-state index contributed by atoms with van der Waals surface area (Å²) < 4.78 is 10.6. The van der Waals surface area contributed by atoms with Gasteiger partial charge in [0.25, 0.3) is 0 Å². The van der Waals surface area contributed by atoms with Gasteiger partial charge in [0.05, 0.1) is 13.1 Å². The van der Waals surface area contributed by atoms with Gasteiger partial charge in [0.15, 0.2) is 11.6 Å². The second-order valence-electron chi connectivity index (χ2n) is 8.02. The highest BCUT2D eigenvalue weighted by molar-refractivity contribution is 5.09. The van der Waals surface area contributed by atoms with Crippen LogP contribution in [0.25, 0.3) is 0 Å². The first-order valence-corrected chi connectivity index (χ1v) is 9.70. The molecule has 0 bridgehead atoms. The Morgan fingerprint density at radius 1 is 0.962 bits per heavy atom. The van der Waals surface area contributed by atoms with Crippen LogP contribution in [0.2, 0.25) is 0 Å². The molecule has 2 N–H and O–H groups in total. The number of nitrogens with one attached hydrogen (secondary N) is 2. The predicted molar refractivity (Wildman–Crippen MR) is 94.3 cm³/mol. The molecule has 8 nitrogen and oxygen atoms in total. The van der Waals surface area contributed by atoms with Crippen molar-refractivity contribution in [3.63, 3.8) is 0 Å². The van der Waals surface area contributed by atoms with E-state index in [1.165, 1.54) is 12.8 Å². The first-order chi connectivity index (χ1) is 12.6. The topological polar surface area (TPSA) is 102 Å². The zero-order chi connectivity index (χ0) is 18.1. The second-order valence-corrected chi connectivity index (χ2v) is 8.02. The highest BCUT2D eigenvalue weighted by atomic mass is 16.5. The van der Waals surface area contributed by atoms with Crippen LogP contribution in [0.4, 0.5) is 0 Å². The van der Waals surface area contributed by atoms with E-state index in [0.717, 1.165) is 24.5 Å². The van der Waals surface area contributed by atoms with Gasteiger partial charge in [-0.05, 0) is 38.5 Å². The SMILES string of the molecule is CC(C)NCc1nc(C2CC2CC(C)NCc2nc(C3CC3)no2)no1. The Hall–Kier alpha value is -1.80. The van der Waals surface area contributed by atoms with E-state index >= 15 is 0 Å². The van der Waals surface area contributed by atoms with Crippen LogP contribution in [0.5, 0.6) is 0 Å². The molecule has 142 valence electrons. The van der Waals surface area contributed by atoms with Crippen LogP contribution in [-0.2, 0) is 13.1 Å². The minimum absolute atomic E-state index is 0.384. The number of rotatable bonds is 10. The van der Waals surface area contributed by atoms with E-state index in [0.29, 0.717) is 54.7 Å². The van der Waals surface area contributed by atoms with Crippen molar-refractivity contribution in [1.82, 2.24) is 30.9 Å². The maximum absolute atomic E-state index is 5.33. The Balaban J connectivity index is 1.19. The highest BCUT2D eigenvalue weighted by Crippen LogP contribution is 2.48. The summed E-state index contributed by atoms with van der Waals surface area (Å²) in [6, 6.07) is 0.792. The van der Waals surface area contributed by atoms with Crippen molar-refractivity contribution in [3.05, 3.63) is 23.4 Å². The van der Waals surface area contributed by atoms with Gasteiger partial charge in [-0.3, -0.25) is 0 Å². The lowest BCUT2D eigenvalue weighted by atomic mass is 10.1. The molecule has 2 aromatic rings. The van der Waals surface area contributed by atoms with E-state index in [2.05, 4.69) is 51.7 Å². The number of aromatic nitrogens is 4. The van der Waals surface area contributed by atoms with Gasteiger partial charge in [-0.2, -0.15) is 9.97 Å². The number of hydrogen-bond donors (Lipinski definition) is 2. The molecule has 2 heterocycles. The van der Waals surface area contributed by atoms with Gasteiger partial charge >= 0.3 is 0 Å². The molecule has 26 heavy (non-hydrogen) atoms. The van der Waals surface area contributed by atoms with Crippen molar-refractivity contribution in [3.8, 4) is 0 Å². The summed E-state index contributed by atoms with van der Waals surface area (Å²) in [5.74, 6) is 4.67. The highest BCUT2D eigenvalue weighted by Gasteiger charge is 2.42. The molecule has 2 saturated carbocycles. The van der Waals surface area contributed by atoms with Gasteiger partial charge in [-0.1, -0.05) is 24.2 Å². The van der Waals surface area contributed by atoms with E-state index in [9.17, 15) is 0 Å². The molecule has 2 aliphatic carbocycles. The van der Waals surface area contributed by atoms with Crippen molar-refractivity contribution in [1.29, 1.82) is 0 Å². The van der Waals surface area contributed by atoms with E-state index in [-0.39, 0.29) is 0 Å². The van der Waals surface area contributed by atoms with Crippen LogP contribution >= 0.6 is 0 Å². The molecule has 2 fully saturated rings. The molecule has 2 aliphatic rings. The molecule has 3 atom stereocenters. The minimum Gasteiger partial charge on any atom is -0.338 e. The van der Waals surface area contributed by atoms with Gasteiger partial charge in [0.1, 0.15) is 0 Å². The normalized spacial score (nSPS) is 23.5. The number of nitrogens with zero attached hydrogens (tertiary/aromatic N) is 4. The van der Waals surface area contributed by atoms with Gasteiger partial charge in [-0.25, -0.2) is 0 Å². The summed E-state index contributed by atoms with van der Waals surface area (Å²) in [5.41, 5.74) is 0. The predicted octanol–water partition coefficient (Wildman–Crippen LogP) is 2.50. The zero-order valence-electron chi connectivity index (χ0n) is 15.7. The van der Waals surface area contributed by atoms with E-state index < -0.39 is 0 Å². The Kier molecular flexibility index (Phi) is 5.04. The summed E-state index contributed by atoms with van der Waals surface area (Å²) in [5, 5.41) is 15.0. The fraction of sp³-hybridized carbons (Fsp3) is 0.778. The van der Waals surface area contributed by atoms with Gasteiger partial charge < -0.3 is 19.7 Å². The van der Waals surface area contributed by atoms with Crippen LogP contribution in [0.1, 0.15) is 81.7 Å². The molecular weight excluding hydrogens is 332 g/mol. The third kappa shape index (κ3) is 4.48. The second kappa shape index (κ2) is 7.44. The van der Waals surface area contributed by atoms with Crippen molar-refractivity contribution >= 4 is 0 Å². The van der Waals surface area contributed by atoms with Crippen LogP contribution in [-0.4, -0.2) is 32.4 Å². The summed E-state index contributed by atoms with van der Waals surface area (Å²) in [7, 11) is 0. The van der Waals surface area contributed by atoms with Crippen LogP contribution < -0.4 is 10.6 Å². The lowest BCUT2D eigenvalue weighted by molar-refractivity contribution is 0.349. The molecule has 0 aromatic carbocycles. The minimum atomic E-state index is 0.384. The molecule has 0 saturated heterocycles. The Morgan fingerprint density at radius 3 is 2.31 bits per heavy atom. The molecule has 3 unspecified atom stereocenters. The van der Waals surface area contributed by atoms with Crippen molar-refractivity contribution in [2.45, 2.75) is 83.5 Å². The fourth-order valence-electron chi connectivity index (χ4n) is 3.25. The van der Waals surface area contributed by atoms with Gasteiger partial charge in [0, 0.05) is 23.9 Å². The van der Waals surface area contributed by atoms with Crippen molar-refractivity contribution in [2.24, 2.45) is 5.92 Å². The third-order valence-electron chi connectivity index (χ3n) is 5.08. The maximum atomic E-state index is 5.33. The van der Waals surface area contributed by atoms with Crippen LogP contribution in [0, 0.1) is 5.92 Å². The van der Waals surface area contributed by atoms with Gasteiger partial charge in [-0.15, -0.1) is 0 Å². The average molecular weight is 360 g/mol. The Bertz CT molecular complexity index is 723. The third-order valence-corrected chi connectivity index (χ3v) is 5.08. The first-order valence-electron chi connectivity index (χ1n) is 9.70. The largest absolute Gasteiger partial charge is 0.338 e. The quantitative estimate of drug-likeness (QED) is 0.666. The monoisotopic (exact) mass is 360 g/mol. The van der Waals surface area contributed by atoms with E-state index in [4.69, 9.17) is 9.05 Å². The molecule has 0 spiro atoms. The van der Waals surface area contributed by atoms with E-state index in [1.54, 1.807) is 0 Å². The molecule has 2 aromatic heterocycles. The standard InChI is InChI=1S/C18H28N6O2/c1-10(2)19-8-15-22-18(24-26-15)14-7-13(14)6-11(3)20-9-16-21-17(23-25-16)12-4-5-12/h10-14,19-20H,4-9H2,1-3H3. The van der Waals surface area contributed by atoms with E-state index in [1.807, 2.05) is 0 Å². The smallest absolute Gasteiger partial charge is 0.240 e. The van der Waals surface area contributed by atoms with Gasteiger partial charge in [0.2, 0.25) is 11.8 Å². The zero-order valence-corrected chi connectivity index (χ0v) is 15.7. The average Bonchev–Trinajstić information content (AvgIpc) is 3.50. The molecular formula is C18H28N6O2. The lowest BCUT2D eigenvalue weighted by Crippen LogP contribution is -2.26. The van der Waals surface area contributed by atoms with Crippen molar-refractivity contribution in [2.75, 3.05) is 0 Å². The molecule has 4 rings (SSSR count). The molecule has 0 aliphatic heterocycles. The van der Waals surface area contributed by atoms with Crippen LogP contribution in [0.3, 0.4) is 0 Å². The van der Waals surface area contributed by atoms with Crippen LogP contribution in [0.15, 0.2) is 9.05 Å². The Morgan fingerprint density at radius 2 is 1.62 bits per heavy atom. The lowest BCUT2D eigenvalue weighted by Gasteiger charge is -2.11. The molecule has 0 amide bonds. The summed E-state index contributed by atoms with van der Waals surface area (Å²) in [6.07, 6.45) is 4.60. The molecule has 8 heteroatoms.